The van der Waals surface area contributed by atoms with Gasteiger partial charge in [0.1, 0.15) is 0 Å². The average molecular weight is 243 g/mol. The fourth-order valence-electron chi connectivity index (χ4n) is 2.32. The van der Waals surface area contributed by atoms with E-state index in [2.05, 4.69) is 5.32 Å². The van der Waals surface area contributed by atoms with Crippen molar-refractivity contribution >= 4 is 0 Å². The Labute approximate surface area is 106 Å². The second kappa shape index (κ2) is 9.86. The molecule has 0 amide bonds. The molecule has 0 bridgehead atoms. The minimum Gasteiger partial charge on any atom is -0.393 e. The summed E-state index contributed by atoms with van der Waals surface area (Å²) in [6.45, 7) is 6.01. The SMILES string of the molecule is CCC(O)CCNCCCCC1CCOCC1. The van der Waals surface area contributed by atoms with Crippen LogP contribution in [0.3, 0.4) is 0 Å². The van der Waals surface area contributed by atoms with E-state index in [1.165, 1.54) is 32.1 Å². The summed E-state index contributed by atoms with van der Waals surface area (Å²) >= 11 is 0. The van der Waals surface area contributed by atoms with E-state index in [0.717, 1.165) is 45.1 Å². The van der Waals surface area contributed by atoms with E-state index in [1.54, 1.807) is 0 Å². The quantitative estimate of drug-likeness (QED) is 0.611. The lowest BCUT2D eigenvalue weighted by Gasteiger charge is -2.21. The summed E-state index contributed by atoms with van der Waals surface area (Å²) < 4.78 is 5.36. The van der Waals surface area contributed by atoms with Crippen LogP contribution < -0.4 is 5.32 Å². The van der Waals surface area contributed by atoms with E-state index in [-0.39, 0.29) is 6.10 Å². The molecule has 3 nitrogen and oxygen atoms in total. The van der Waals surface area contributed by atoms with Crippen molar-refractivity contribution in [3.8, 4) is 0 Å². The maximum absolute atomic E-state index is 9.38. The van der Waals surface area contributed by atoms with Gasteiger partial charge in [-0.2, -0.15) is 0 Å². The van der Waals surface area contributed by atoms with Crippen molar-refractivity contribution in [3.63, 3.8) is 0 Å². The first-order chi connectivity index (χ1) is 8.33. The topological polar surface area (TPSA) is 41.5 Å². The first kappa shape index (κ1) is 14.9. The van der Waals surface area contributed by atoms with Crippen LogP contribution in [-0.2, 0) is 4.74 Å². The maximum Gasteiger partial charge on any atom is 0.0549 e. The van der Waals surface area contributed by atoms with Gasteiger partial charge in [0, 0.05) is 13.2 Å². The third kappa shape index (κ3) is 7.74. The van der Waals surface area contributed by atoms with Gasteiger partial charge in [0.2, 0.25) is 0 Å². The molecule has 17 heavy (non-hydrogen) atoms. The van der Waals surface area contributed by atoms with Gasteiger partial charge in [-0.3, -0.25) is 0 Å². The molecule has 102 valence electrons. The third-order valence-corrected chi connectivity index (χ3v) is 3.68. The molecule has 1 fully saturated rings. The van der Waals surface area contributed by atoms with Crippen molar-refractivity contribution in [1.82, 2.24) is 5.32 Å². The molecule has 0 aromatic rings. The number of aliphatic hydroxyl groups excluding tert-OH is 1. The van der Waals surface area contributed by atoms with Crippen LogP contribution in [-0.4, -0.2) is 37.5 Å². The highest BCUT2D eigenvalue weighted by Crippen LogP contribution is 2.20. The molecule has 0 aromatic carbocycles. The van der Waals surface area contributed by atoms with Gasteiger partial charge in [-0.15, -0.1) is 0 Å². The summed E-state index contributed by atoms with van der Waals surface area (Å²) in [4.78, 5) is 0. The molecular formula is C14H29NO2. The largest absolute Gasteiger partial charge is 0.393 e. The second-order valence-corrected chi connectivity index (χ2v) is 5.15. The molecule has 1 saturated heterocycles. The number of ether oxygens (including phenoxy) is 1. The molecule has 1 aliphatic heterocycles. The summed E-state index contributed by atoms with van der Waals surface area (Å²) in [5.74, 6) is 0.908. The lowest BCUT2D eigenvalue weighted by atomic mass is 9.94. The van der Waals surface area contributed by atoms with E-state index in [9.17, 15) is 5.11 Å². The fourth-order valence-corrected chi connectivity index (χ4v) is 2.32. The van der Waals surface area contributed by atoms with E-state index >= 15 is 0 Å². The van der Waals surface area contributed by atoms with Gasteiger partial charge in [-0.25, -0.2) is 0 Å². The van der Waals surface area contributed by atoms with Crippen molar-refractivity contribution < 1.29 is 9.84 Å². The van der Waals surface area contributed by atoms with Crippen LogP contribution in [0.1, 0.15) is 51.9 Å². The fraction of sp³-hybridized carbons (Fsp3) is 1.00. The first-order valence-electron chi connectivity index (χ1n) is 7.29. The van der Waals surface area contributed by atoms with Gasteiger partial charge in [-0.05, 0) is 51.1 Å². The predicted molar refractivity (Wildman–Crippen MR) is 71.2 cm³/mol. The zero-order chi connectivity index (χ0) is 12.3. The van der Waals surface area contributed by atoms with E-state index in [1.807, 2.05) is 6.92 Å². The number of unbranched alkanes of at least 4 members (excludes halogenated alkanes) is 1. The zero-order valence-electron chi connectivity index (χ0n) is 11.3. The Morgan fingerprint density at radius 3 is 2.71 bits per heavy atom. The van der Waals surface area contributed by atoms with Crippen LogP contribution in [0.25, 0.3) is 0 Å². The van der Waals surface area contributed by atoms with Crippen molar-refractivity contribution in [2.24, 2.45) is 5.92 Å². The van der Waals surface area contributed by atoms with Crippen molar-refractivity contribution in [1.29, 1.82) is 0 Å². The molecule has 1 atom stereocenters. The zero-order valence-corrected chi connectivity index (χ0v) is 11.3. The summed E-state index contributed by atoms with van der Waals surface area (Å²) in [5, 5.41) is 12.8. The Morgan fingerprint density at radius 1 is 1.24 bits per heavy atom. The van der Waals surface area contributed by atoms with Crippen molar-refractivity contribution in [2.45, 2.75) is 58.0 Å². The molecule has 3 heteroatoms. The van der Waals surface area contributed by atoms with Crippen LogP contribution in [0.2, 0.25) is 0 Å². The van der Waals surface area contributed by atoms with E-state index in [0.29, 0.717) is 0 Å². The predicted octanol–water partition coefficient (Wildman–Crippen LogP) is 2.33. The lowest BCUT2D eigenvalue weighted by Crippen LogP contribution is -2.21. The van der Waals surface area contributed by atoms with E-state index < -0.39 is 0 Å². The molecule has 0 aromatic heterocycles. The molecular weight excluding hydrogens is 214 g/mol. The summed E-state index contributed by atoms with van der Waals surface area (Å²) in [6, 6.07) is 0. The van der Waals surface area contributed by atoms with Crippen molar-refractivity contribution in [3.05, 3.63) is 0 Å². The van der Waals surface area contributed by atoms with Crippen LogP contribution in [0.4, 0.5) is 0 Å². The molecule has 0 radical (unpaired) electrons. The highest BCUT2D eigenvalue weighted by atomic mass is 16.5. The van der Waals surface area contributed by atoms with Crippen LogP contribution in [0, 0.1) is 5.92 Å². The van der Waals surface area contributed by atoms with Crippen LogP contribution in [0.15, 0.2) is 0 Å². The number of hydrogen-bond donors (Lipinski definition) is 2. The number of hydrogen-bond acceptors (Lipinski definition) is 3. The molecule has 1 unspecified atom stereocenters. The number of nitrogens with one attached hydrogen (secondary N) is 1. The summed E-state index contributed by atoms with van der Waals surface area (Å²) in [6.07, 6.45) is 8.11. The number of aliphatic hydroxyl groups is 1. The smallest absolute Gasteiger partial charge is 0.0549 e. The van der Waals surface area contributed by atoms with Gasteiger partial charge in [0.25, 0.3) is 0 Å². The van der Waals surface area contributed by atoms with Gasteiger partial charge in [0.15, 0.2) is 0 Å². The Balaban J connectivity index is 1.80. The lowest BCUT2D eigenvalue weighted by molar-refractivity contribution is 0.0631. The molecule has 0 spiro atoms. The number of rotatable bonds is 9. The third-order valence-electron chi connectivity index (χ3n) is 3.68. The minimum absolute atomic E-state index is 0.121. The average Bonchev–Trinajstić information content (AvgIpc) is 2.38. The Bertz CT molecular complexity index is 170. The molecule has 1 aliphatic rings. The molecule has 2 N–H and O–H groups in total. The molecule has 0 saturated carbocycles. The second-order valence-electron chi connectivity index (χ2n) is 5.15. The molecule has 1 rings (SSSR count). The standard InChI is InChI=1S/C14H29NO2/c1-2-14(16)6-10-15-9-4-3-5-13-7-11-17-12-8-13/h13-16H,2-12H2,1H3. The first-order valence-corrected chi connectivity index (χ1v) is 7.29. The highest BCUT2D eigenvalue weighted by Gasteiger charge is 2.12. The Morgan fingerprint density at radius 2 is 2.00 bits per heavy atom. The normalized spacial score (nSPS) is 19.4. The monoisotopic (exact) mass is 243 g/mol. The Hall–Kier alpha value is -0.120. The van der Waals surface area contributed by atoms with Gasteiger partial charge in [0.05, 0.1) is 6.10 Å². The summed E-state index contributed by atoms with van der Waals surface area (Å²) in [5.41, 5.74) is 0. The highest BCUT2D eigenvalue weighted by molar-refractivity contribution is 4.64. The van der Waals surface area contributed by atoms with Crippen LogP contribution >= 0.6 is 0 Å². The van der Waals surface area contributed by atoms with E-state index in [4.69, 9.17) is 4.74 Å². The van der Waals surface area contributed by atoms with Crippen LogP contribution in [0.5, 0.6) is 0 Å². The minimum atomic E-state index is -0.121. The van der Waals surface area contributed by atoms with Gasteiger partial charge in [-0.1, -0.05) is 19.8 Å². The van der Waals surface area contributed by atoms with Gasteiger partial charge < -0.3 is 15.2 Å². The Kier molecular flexibility index (Phi) is 8.67. The molecule has 1 heterocycles. The van der Waals surface area contributed by atoms with Gasteiger partial charge >= 0.3 is 0 Å². The maximum atomic E-state index is 9.38. The van der Waals surface area contributed by atoms with Crippen molar-refractivity contribution in [2.75, 3.05) is 26.3 Å². The summed E-state index contributed by atoms with van der Waals surface area (Å²) in [7, 11) is 0. The molecule has 0 aliphatic carbocycles.